The van der Waals surface area contributed by atoms with Gasteiger partial charge in [-0.1, -0.05) is 30.0 Å². The Labute approximate surface area is 117 Å². The Morgan fingerprint density at radius 2 is 1.26 bits per heavy atom. The normalized spacial score (nSPS) is 11.3. The van der Waals surface area contributed by atoms with Crippen LogP contribution in [0, 0.1) is 11.6 Å². The van der Waals surface area contributed by atoms with E-state index in [0.717, 1.165) is 10.4 Å². The average Bonchev–Trinajstić information content (AvgIpc) is 2.44. The van der Waals surface area contributed by atoms with Crippen molar-refractivity contribution < 1.29 is 8.78 Å². The second kappa shape index (κ2) is 5.68. The highest BCUT2D eigenvalue weighted by atomic mass is 35.5. The number of rotatable bonds is 4. The molecule has 0 saturated carbocycles. The molecule has 0 N–H and O–H groups in total. The lowest BCUT2D eigenvalue weighted by Gasteiger charge is -2.27. The van der Waals surface area contributed by atoms with Crippen LogP contribution in [0.5, 0.6) is 0 Å². The summed E-state index contributed by atoms with van der Waals surface area (Å²) in [7, 11) is -2.35. The fraction of sp³-hybridized carbons (Fsp3) is 0.0667. The quantitative estimate of drug-likeness (QED) is 0.601. The number of hydrogen-bond donors (Lipinski definition) is 0. The number of halogens is 3. The van der Waals surface area contributed by atoms with Crippen molar-refractivity contribution in [3.63, 3.8) is 0 Å². The van der Waals surface area contributed by atoms with Crippen LogP contribution in [-0.4, -0.2) is 13.6 Å². The molecule has 0 saturated heterocycles. The van der Waals surface area contributed by atoms with Crippen LogP contribution in [0.15, 0.2) is 60.8 Å². The van der Waals surface area contributed by atoms with E-state index in [9.17, 15) is 8.78 Å². The van der Waals surface area contributed by atoms with Crippen LogP contribution < -0.4 is 10.4 Å². The lowest BCUT2D eigenvalue weighted by atomic mass is 10.3. The van der Waals surface area contributed by atoms with Crippen molar-refractivity contribution in [2.75, 3.05) is 5.50 Å². The third-order valence-corrected chi connectivity index (χ3v) is 8.39. The van der Waals surface area contributed by atoms with E-state index >= 15 is 0 Å². The first-order chi connectivity index (χ1) is 9.12. The van der Waals surface area contributed by atoms with Gasteiger partial charge in [0.05, 0.1) is 0 Å². The summed E-state index contributed by atoms with van der Waals surface area (Å²) in [5.74, 6) is -0.575. The molecule has 0 unspecified atom stereocenters. The summed E-state index contributed by atoms with van der Waals surface area (Å²) in [6.07, 6.45) is 0. The second-order valence-electron chi connectivity index (χ2n) is 4.32. The Morgan fingerprint density at radius 3 is 1.53 bits per heavy atom. The summed E-state index contributed by atoms with van der Waals surface area (Å²) in [5.41, 5.74) is 2.23. The minimum absolute atomic E-state index is 0.288. The van der Waals surface area contributed by atoms with Gasteiger partial charge in [-0.05, 0) is 34.6 Å². The smallest absolute Gasteiger partial charge is 0.154 e. The standard InChI is InChI=1S/C15H13ClF2Si/c1-2-19(11-16,14-7-3-12(17)4-8-14)15-9-5-13(18)6-10-15/h2-10H,1,11H2. The zero-order valence-corrected chi connectivity index (χ0v) is 12.0. The van der Waals surface area contributed by atoms with Crippen molar-refractivity contribution in [3.8, 4) is 0 Å². The summed E-state index contributed by atoms with van der Waals surface area (Å²) in [5, 5.41) is 1.93. The number of hydrogen-bond acceptors (Lipinski definition) is 0. The summed E-state index contributed by atoms with van der Waals surface area (Å²) >= 11 is 6.18. The summed E-state index contributed by atoms with van der Waals surface area (Å²) < 4.78 is 26.1. The van der Waals surface area contributed by atoms with E-state index in [0.29, 0.717) is 5.50 Å². The van der Waals surface area contributed by atoms with E-state index in [2.05, 4.69) is 6.58 Å². The first-order valence-corrected chi connectivity index (χ1v) is 8.66. The molecule has 0 nitrogen and oxygen atoms in total. The highest BCUT2D eigenvalue weighted by molar-refractivity contribution is 7.08. The zero-order valence-electron chi connectivity index (χ0n) is 10.2. The van der Waals surface area contributed by atoms with Crippen molar-refractivity contribution >= 4 is 30.0 Å². The molecule has 0 aliphatic heterocycles. The van der Waals surface area contributed by atoms with Crippen molar-refractivity contribution in [2.24, 2.45) is 0 Å². The summed E-state index contributed by atoms with van der Waals surface area (Å²) in [4.78, 5) is 0. The molecule has 0 aromatic heterocycles. The maximum absolute atomic E-state index is 13.0. The molecule has 0 atom stereocenters. The third kappa shape index (κ3) is 2.62. The van der Waals surface area contributed by atoms with E-state index in [1.165, 1.54) is 24.3 Å². The molecular weight excluding hydrogens is 282 g/mol. The van der Waals surface area contributed by atoms with Crippen molar-refractivity contribution in [3.05, 3.63) is 72.4 Å². The lowest BCUT2D eigenvalue weighted by Crippen LogP contribution is -2.59. The highest BCUT2D eigenvalue weighted by Crippen LogP contribution is 2.10. The molecule has 2 aromatic rings. The number of alkyl halides is 1. The van der Waals surface area contributed by atoms with Crippen LogP contribution in [0.1, 0.15) is 0 Å². The first-order valence-electron chi connectivity index (χ1n) is 5.84. The van der Waals surface area contributed by atoms with E-state index in [-0.39, 0.29) is 11.6 Å². The van der Waals surface area contributed by atoms with E-state index < -0.39 is 8.07 Å². The summed E-state index contributed by atoms with van der Waals surface area (Å²) in [6.45, 7) is 3.89. The van der Waals surface area contributed by atoms with E-state index in [1.807, 2.05) is 5.70 Å². The Bertz CT molecular complexity index is 518. The van der Waals surface area contributed by atoms with Crippen LogP contribution in [0.2, 0.25) is 0 Å². The molecule has 4 heteroatoms. The van der Waals surface area contributed by atoms with Crippen LogP contribution in [0.3, 0.4) is 0 Å². The van der Waals surface area contributed by atoms with Gasteiger partial charge in [0.25, 0.3) is 0 Å². The molecule has 0 fully saturated rings. The Hall–Kier alpha value is -1.45. The van der Waals surface area contributed by atoms with E-state index in [1.54, 1.807) is 24.3 Å². The van der Waals surface area contributed by atoms with Crippen LogP contribution >= 0.6 is 11.6 Å². The van der Waals surface area contributed by atoms with Gasteiger partial charge in [0.15, 0.2) is 8.07 Å². The van der Waals surface area contributed by atoms with Crippen molar-refractivity contribution in [2.45, 2.75) is 0 Å². The van der Waals surface area contributed by atoms with Gasteiger partial charge in [-0.3, -0.25) is 0 Å². The monoisotopic (exact) mass is 294 g/mol. The van der Waals surface area contributed by atoms with Crippen LogP contribution in [0.25, 0.3) is 0 Å². The largest absolute Gasteiger partial charge is 0.207 e. The van der Waals surface area contributed by atoms with Crippen LogP contribution in [-0.2, 0) is 0 Å². The maximum atomic E-state index is 13.0. The van der Waals surface area contributed by atoms with Gasteiger partial charge in [0.1, 0.15) is 11.6 Å². The minimum atomic E-state index is -2.35. The van der Waals surface area contributed by atoms with Gasteiger partial charge in [0.2, 0.25) is 0 Å². The Balaban J connectivity index is 2.56. The molecule has 2 aromatic carbocycles. The van der Waals surface area contributed by atoms with Crippen LogP contribution in [0.4, 0.5) is 8.78 Å². The Morgan fingerprint density at radius 1 is 0.895 bits per heavy atom. The topological polar surface area (TPSA) is 0 Å². The molecule has 0 spiro atoms. The van der Waals surface area contributed by atoms with Crippen molar-refractivity contribution in [1.82, 2.24) is 0 Å². The SMILES string of the molecule is C=C[Si](CCl)(c1ccc(F)cc1)c1ccc(F)cc1. The van der Waals surface area contributed by atoms with Gasteiger partial charge in [-0.2, -0.15) is 0 Å². The number of benzene rings is 2. The fourth-order valence-corrected chi connectivity index (χ4v) is 6.10. The van der Waals surface area contributed by atoms with Gasteiger partial charge in [-0.15, -0.1) is 18.2 Å². The molecule has 0 aliphatic carbocycles. The minimum Gasteiger partial charge on any atom is -0.207 e. The average molecular weight is 295 g/mol. The van der Waals surface area contributed by atoms with Crippen molar-refractivity contribution in [1.29, 1.82) is 0 Å². The lowest BCUT2D eigenvalue weighted by molar-refractivity contribution is 0.628. The molecule has 2 rings (SSSR count). The molecule has 98 valence electrons. The molecular formula is C15H13ClF2Si. The molecule has 0 heterocycles. The maximum Gasteiger partial charge on any atom is 0.154 e. The molecule has 19 heavy (non-hydrogen) atoms. The summed E-state index contributed by atoms with van der Waals surface area (Å²) in [6, 6.07) is 12.6. The fourth-order valence-electron chi connectivity index (χ4n) is 2.11. The zero-order chi connectivity index (χ0) is 13.9. The Kier molecular flexibility index (Phi) is 4.17. The predicted molar refractivity (Wildman–Crippen MR) is 78.7 cm³/mol. The van der Waals surface area contributed by atoms with Gasteiger partial charge in [-0.25, -0.2) is 8.78 Å². The molecule has 0 aliphatic rings. The van der Waals surface area contributed by atoms with E-state index in [4.69, 9.17) is 11.6 Å². The van der Waals surface area contributed by atoms with Gasteiger partial charge < -0.3 is 0 Å². The predicted octanol–water partition coefficient (Wildman–Crippen LogP) is 3.03. The van der Waals surface area contributed by atoms with Gasteiger partial charge in [0, 0.05) is 5.50 Å². The van der Waals surface area contributed by atoms with Gasteiger partial charge >= 0.3 is 0 Å². The highest BCUT2D eigenvalue weighted by Gasteiger charge is 2.33. The molecule has 0 radical (unpaired) electrons. The second-order valence-corrected chi connectivity index (χ2v) is 8.90. The third-order valence-electron chi connectivity index (χ3n) is 3.28. The first kappa shape index (κ1) is 14.0. The molecule has 0 bridgehead atoms. The molecule has 0 amide bonds.